The minimum absolute atomic E-state index is 0.307. The third kappa shape index (κ3) is 2.14. The highest BCUT2D eigenvalue weighted by atomic mass is 32.1. The van der Waals surface area contributed by atoms with Gasteiger partial charge in [0.25, 0.3) is 0 Å². The van der Waals surface area contributed by atoms with Crippen LogP contribution in [0.1, 0.15) is 26.5 Å². The number of benzene rings is 1. The molecule has 0 saturated heterocycles. The normalized spacial score (nSPS) is 14.7. The lowest BCUT2D eigenvalue weighted by Gasteiger charge is -2.12. The van der Waals surface area contributed by atoms with Crippen molar-refractivity contribution in [2.45, 2.75) is 19.6 Å². The highest BCUT2D eigenvalue weighted by molar-refractivity contribution is 7.08. The van der Waals surface area contributed by atoms with Crippen LogP contribution in [0.15, 0.2) is 30.3 Å². The summed E-state index contributed by atoms with van der Waals surface area (Å²) >= 11 is 1.05. The maximum absolute atomic E-state index is 10.8. The molecule has 1 aliphatic rings. The fourth-order valence-corrected chi connectivity index (χ4v) is 2.82. The zero-order chi connectivity index (χ0) is 12.5. The largest absolute Gasteiger partial charge is 0.477 e. The Labute approximate surface area is 109 Å². The van der Waals surface area contributed by atoms with E-state index < -0.39 is 5.97 Å². The maximum Gasteiger partial charge on any atom is 0.347 e. The molecule has 0 atom stereocenters. The van der Waals surface area contributed by atoms with Crippen LogP contribution in [0.25, 0.3) is 0 Å². The Hall–Kier alpha value is -1.72. The second kappa shape index (κ2) is 4.51. The molecule has 3 rings (SSSR count). The number of rotatable bonds is 3. The minimum Gasteiger partial charge on any atom is -0.477 e. The van der Waals surface area contributed by atoms with Crippen molar-refractivity contribution >= 4 is 17.5 Å². The van der Waals surface area contributed by atoms with Gasteiger partial charge >= 0.3 is 5.97 Å². The SMILES string of the molecule is O=C(O)c1cc(CN2Cc3ccccc3C2)ns1. The van der Waals surface area contributed by atoms with Crippen LogP contribution in [0.2, 0.25) is 0 Å². The number of carboxylic acids is 1. The number of aromatic carboxylic acids is 1. The molecule has 0 radical (unpaired) electrons. The number of carboxylic acid groups (broad SMARTS) is 1. The predicted molar refractivity (Wildman–Crippen MR) is 68.5 cm³/mol. The van der Waals surface area contributed by atoms with Gasteiger partial charge in [-0.05, 0) is 28.7 Å². The summed E-state index contributed by atoms with van der Waals surface area (Å²) in [5, 5.41) is 8.86. The van der Waals surface area contributed by atoms with Gasteiger partial charge in [-0.1, -0.05) is 24.3 Å². The molecule has 2 heterocycles. The predicted octanol–water partition coefficient (Wildman–Crippen LogP) is 2.36. The Kier molecular flexibility index (Phi) is 2.85. The van der Waals surface area contributed by atoms with Crippen molar-refractivity contribution in [2.24, 2.45) is 0 Å². The average molecular weight is 260 g/mol. The lowest BCUT2D eigenvalue weighted by atomic mass is 10.1. The van der Waals surface area contributed by atoms with Crippen molar-refractivity contribution in [3.05, 3.63) is 52.0 Å². The van der Waals surface area contributed by atoms with Gasteiger partial charge < -0.3 is 5.11 Å². The lowest BCUT2D eigenvalue weighted by molar-refractivity contribution is 0.0702. The second-order valence-corrected chi connectivity index (χ2v) is 5.21. The van der Waals surface area contributed by atoms with Crippen LogP contribution in [-0.2, 0) is 19.6 Å². The monoisotopic (exact) mass is 260 g/mol. The van der Waals surface area contributed by atoms with Gasteiger partial charge in [-0.2, -0.15) is 4.37 Å². The summed E-state index contributed by atoms with van der Waals surface area (Å²) in [5.74, 6) is -0.900. The van der Waals surface area contributed by atoms with E-state index >= 15 is 0 Å². The van der Waals surface area contributed by atoms with Gasteiger partial charge in [-0.25, -0.2) is 4.79 Å². The summed E-state index contributed by atoms with van der Waals surface area (Å²) in [5.41, 5.74) is 3.54. The standard InChI is InChI=1S/C13H12N2O2S/c16-13(17)12-5-11(14-18-12)8-15-6-9-3-1-2-4-10(9)7-15/h1-5H,6-8H2,(H,16,17). The van der Waals surface area contributed by atoms with E-state index in [-0.39, 0.29) is 0 Å². The van der Waals surface area contributed by atoms with Gasteiger partial charge in [0.2, 0.25) is 0 Å². The van der Waals surface area contributed by atoms with Gasteiger partial charge in [0.15, 0.2) is 0 Å². The average Bonchev–Trinajstić information content (AvgIpc) is 2.94. The minimum atomic E-state index is -0.900. The van der Waals surface area contributed by atoms with Crippen LogP contribution < -0.4 is 0 Å². The first kappa shape index (κ1) is 11.4. The molecule has 0 fully saturated rings. The maximum atomic E-state index is 10.8. The summed E-state index contributed by atoms with van der Waals surface area (Å²) in [6.07, 6.45) is 0. The molecule has 0 spiro atoms. The van der Waals surface area contributed by atoms with Crippen LogP contribution in [0.5, 0.6) is 0 Å². The molecule has 2 aromatic rings. The van der Waals surface area contributed by atoms with E-state index in [4.69, 9.17) is 5.11 Å². The van der Waals surface area contributed by atoms with Crippen molar-refractivity contribution in [3.63, 3.8) is 0 Å². The fourth-order valence-electron chi connectivity index (χ4n) is 2.23. The number of hydrogen-bond acceptors (Lipinski definition) is 4. The molecule has 0 saturated carbocycles. The number of fused-ring (bicyclic) bond motifs is 1. The van der Waals surface area contributed by atoms with Gasteiger partial charge in [0.05, 0.1) is 5.69 Å². The van der Waals surface area contributed by atoms with Gasteiger partial charge in [-0.3, -0.25) is 4.90 Å². The quantitative estimate of drug-likeness (QED) is 0.920. The van der Waals surface area contributed by atoms with Gasteiger partial charge in [0, 0.05) is 19.6 Å². The molecule has 1 N–H and O–H groups in total. The molecule has 0 bridgehead atoms. The Morgan fingerprint density at radius 1 is 1.33 bits per heavy atom. The van der Waals surface area contributed by atoms with Gasteiger partial charge in [-0.15, -0.1) is 0 Å². The Bertz CT molecular complexity index is 569. The molecular formula is C13H12N2O2S. The Morgan fingerprint density at radius 3 is 2.56 bits per heavy atom. The zero-order valence-electron chi connectivity index (χ0n) is 9.67. The molecule has 0 unspecified atom stereocenters. The fraction of sp³-hybridized carbons (Fsp3) is 0.231. The van der Waals surface area contributed by atoms with Crippen LogP contribution in [0, 0.1) is 0 Å². The molecule has 0 aliphatic carbocycles. The summed E-state index contributed by atoms with van der Waals surface area (Å²) in [7, 11) is 0. The highest BCUT2D eigenvalue weighted by Gasteiger charge is 2.19. The van der Waals surface area contributed by atoms with E-state index in [2.05, 4.69) is 21.4 Å². The molecule has 18 heavy (non-hydrogen) atoms. The van der Waals surface area contributed by atoms with Crippen molar-refractivity contribution in [2.75, 3.05) is 0 Å². The molecule has 0 amide bonds. The van der Waals surface area contributed by atoms with Crippen molar-refractivity contribution in [1.29, 1.82) is 0 Å². The summed E-state index contributed by atoms with van der Waals surface area (Å²) in [6.45, 7) is 2.53. The molecule has 1 aliphatic heterocycles. The van der Waals surface area contributed by atoms with E-state index in [0.29, 0.717) is 11.4 Å². The van der Waals surface area contributed by atoms with E-state index in [0.717, 1.165) is 30.3 Å². The molecule has 92 valence electrons. The van der Waals surface area contributed by atoms with E-state index in [1.54, 1.807) is 6.07 Å². The number of hydrogen-bond donors (Lipinski definition) is 1. The third-order valence-electron chi connectivity index (χ3n) is 3.06. The van der Waals surface area contributed by atoms with Gasteiger partial charge in [0.1, 0.15) is 4.88 Å². The van der Waals surface area contributed by atoms with Crippen LogP contribution >= 0.6 is 11.5 Å². The van der Waals surface area contributed by atoms with Crippen molar-refractivity contribution in [3.8, 4) is 0 Å². The van der Waals surface area contributed by atoms with E-state index in [1.165, 1.54) is 11.1 Å². The van der Waals surface area contributed by atoms with Crippen molar-refractivity contribution < 1.29 is 9.90 Å². The molecule has 4 nitrogen and oxygen atoms in total. The number of aromatic nitrogens is 1. The second-order valence-electron chi connectivity index (χ2n) is 4.40. The smallest absolute Gasteiger partial charge is 0.347 e. The van der Waals surface area contributed by atoms with Crippen LogP contribution in [0.3, 0.4) is 0 Å². The summed E-state index contributed by atoms with van der Waals surface area (Å²) < 4.78 is 4.18. The van der Waals surface area contributed by atoms with E-state index in [9.17, 15) is 4.79 Å². The highest BCUT2D eigenvalue weighted by Crippen LogP contribution is 2.24. The number of nitrogens with zero attached hydrogens (tertiary/aromatic N) is 2. The van der Waals surface area contributed by atoms with Crippen LogP contribution in [-0.4, -0.2) is 20.3 Å². The Morgan fingerprint density at radius 2 is 2.00 bits per heavy atom. The lowest BCUT2D eigenvalue weighted by Crippen LogP contribution is -2.15. The molecule has 5 heteroatoms. The van der Waals surface area contributed by atoms with Crippen molar-refractivity contribution in [1.82, 2.24) is 9.27 Å². The van der Waals surface area contributed by atoms with Crippen LogP contribution in [0.4, 0.5) is 0 Å². The summed E-state index contributed by atoms with van der Waals surface area (Å²) in [4.78, 5) is 13.4. The zero-order valence-corrected chi connectivity index (χ0v) is 10.5. The first-order valence-corrected chi connectivity index (χ1v) is 6.48. The molecular weight excluding hydrogens is 248 g/mol. The first-order valence-electron chi connectivity index (χ1n) is 5.70. The summed E-state index contributed by atoms with van der Waals surface area (Å²) in [6, 6.07) is 10.0. The third-order valence-corrected chi connectivity index (χ3v) is 3.88. The molecule has 1 aromatic heterocycles. The van der Waals surface area contributed by atoms with E-state index in [1.807, 2.05) is 12.1 Å². The first-order chi connectivity index (χ1) is 8.72. The number of carbonyl (C=O) groups is 1. The Balaban J connectivity index is 1.70. The topological polar surface area (TPSA) is 53.4 Å². The molecule has 1 aromatic carbocycles.